The number of methoxy groups -OCH3 is 1. The molecule has 3 aromatic carbocycles. The maximum atomic E-state index is 10.8. The van der Waals surface area contributed by atoms with Crippen LogP contribution in [0.3, 0.4) is 0 Å². The molecular formula is C22H18BrCl2N3O4. The topological polar surface area (TPSA) is 86.0 Å². The lowest BCUT2D eigenvalue weighted by Crippen LogP contribution is -2.07. The number of nitro groups is 1. The summed E-state index contributed by atoms with van der Waals surface area (Å²) in [5.74, 6) is 1.02. The fourth-order valence-corrected chi connectivity index (χ4v) is 3.88. The van der Waals surface area contributed by atoms with Crippen molar-refractivity contribution >= 4 is 51.0 Å². The van der Waals surface area contributed by atoms with E-state index in [2.05, 4.69) is 26.5 Å². The van der Waals surface area contributed by atoms with Gasteiger partial charge in [0.2, 0.25) is 0 Å². The molecule has 7 nitrogen and oxygen atoms in total. The second kappa shape index (κ2) is 11.2. The molecule has 0 unspecified atom stereocenters. The molecule has 3 rings (SSSR count). The summed E-state index contributed by atoms with van der Waals surface area (Å²) in [6.45, 7) is 0.601. The molecular weight excluding hydrogens is 521 g/mol. The first-order valence-electron chi connectivity index (χ1n) is 9.31. The van der Waals surface area contributed by atoms with Crippen LogP contribution < -0.4 is 14.9 Å². The van der Waals surface area contributed by atoms with Gasteiger partial charge in [-0.2, -0.15) is 5.10 Å². The minimum atomic E-state index is -0.442. The SMILES string of the molecule is COc1cc(/C=N/NCc2c(Cl)cccc2Cl)cc(Br)c1OCc1ccc([N+](=O)[O-])cc1. The third-order valence-corrected chi connectivity index (χ3v) is 5.70. The Morgan fingerprint density at radius 1 is 1.16 bits per heavy atom. The Morgan fingerprint density at radius 2 is 1.84 bits per heavy atom. The van der Waals surface area contributed by atoms with Crippen LogP contribution in [0, 0.1) is 10.1 Å². The van der Waals surface area contributed by atoms with Crippen molar-refractivity contribution in [2.45, 2.75) is 13.2 Å². The average molecular weight is 539 g/mol. The van der Waals surface area contributed by atoms with Crippen molar-refractivity contribution in [1.82, 2.24) is 5.43 Å². The van der Waals surface area contributed by atoms with Gasteiger partial charge in [0.1, 0.15) is 6.61 Å². The Morgan fingerprint density at radius 3 is 2.47 bits per heavy atom. The van der Waals surface area contributed by atoms with Crippen LogP contribution in [-0.4, -0.2) is 18.2 Å². The number of ether oxygens (including phenoxy) is 2. The van der Waals surface area contributed by atoms with Crippen LogP contribution in [-0.2, 0) is 13.2 Å². The number of hydrazone groups is 1. The number of hydrogen-bond donors (Lipinski definition) is 1. The minimum Gasteiger partial charge on any atom is -0.493 e. The number of nitrogens with zero attached hydrogens (tertiary/aromatic N) is 2. The van der Waals surface area contributed by atoms with Gasteiger partial charge < -0.3 is 14.9 Å². The van der Waals surface area contributed by atoms with Crippen molar-refractivity contribution in [2.75, 3.05) is 7.11 Å². The standard InChI is InChI=1S/C22H18BrCl2N3O4/c1-31-21-10-15(11-26-27-12-17-19(24)3-2-4-20(17)25)9-18(23)22(21)32-13-14-5-7-16(8-6-14)28(29)30/h2-11,27H,12-13H2,1H3/b26-11+. The van der Waals surface area contributed by atoms with Crippen molar-refractivity contribution in [3.63, 3.8) is 0 Å². The number of non-ortho nitro benzene ring substituents is 1. The van der Waals surface area contributed by atoms with E-state index in [0.717, 1.165) is 16.7 Å². The fourth-order valence-electron chi connectivity index (χ4n) is 2.77. The van der Waals surface area contributed by atoms with Crippen LogP contribution in [0.2, 0.25) is 10.0 Å². The fraction of sp³-hybridized carbons (Fsp3) is 0.136. The summed E-state index contributed by atoms with van der Waals surface area (Å²) < 4.78 is 12.0. The highest BCUT2D eigenvalue weighted by Gasteiger charge is 2.12. The van der Waals surface area contributed by atoms with Crippen molar-refractivity contribution in [3.05, 3.63) is 95.9 Å². The maximum absolute atomic E-state index is 10.8. The third kappa shape index (κ3) is 6.12. The lowest BCUT2D eigenvalue weighted by atomic mass is 10.2. The van der Waals surface area contributed by atoms with E-state index in [4.69, 9.17) is 32.7 Å². The van der Waals surface area contributed by atoms with Crippen LogP contribution in [0.5, 0.6) is 11.5 Å². The molecule has 0 bridgehead atoms. The molecule has 0 aliphatic heterocycles. The molecule has 0 atom stereocenters. The molecule has 166 valence electrons. The summed E-state index contributed by atoms with van der Waals surface area (Å²) in [6.07, 6.45) is 1.64. The Hall–Kier alpha value is -2.81. The summed E-state index contributed by atoms with van der Waals surface area (Å²) in [7, 11) is 1.54. The Bertz CT molecular complexity index is 1120. The first kappa shape index (κ1) is 23.8. The number of benzene rings is 3. The number of hydrogen-bond acceptors (Lipinski definition) is 6. The van der Waals surface area contributed by atoms with E-state index in [1.165, 1.54) is 12.1 Å². The van der Waals surface area contributed by atoms with Crippen LogP contribution in [0.1, 0.15) is 16.7 Å². The highest BCUT2D eigenvalue weighted by atomic mass is 79.9. The minimum absolute atomic E-state index is 0.0292. The second-order valence-electron chi connectivity index (χ2n) is 6.54. The van der Waals surface area contributed by atoms with Crippen LogP contribution in [0.15, 0.2) is 64.2 Å². The number of nitro benzene ring substituents is 1. The largest absolute Gasteiger partial charge is 0.493 e. The molecule has 0 aliphatic rings. The van der Waals surface area contributed by atoms with Gasteiger partial charge in [-0.25, -0.2) is 0 Å². The summed E-state index contributed by atoms with van der Waals surface area (Å²) in [5, 5.41) is 16.1. The zero-order chi connectivity index (χ0) is 23.1. The van der Waals surface area contributed by atoms with Gasteiger partial charge in [-0.05, 0) is 63.5 Å². The van der Waals surface area contributed by atoms with Gasteiger partial charge >= 0.3 is 0 Å². The van der Waals surface area contributed by atoms with Crippen LogP contribution in [0.25, 0.3) is 0 Å². The van der Waals surface area contributed by atoms with Crippen LogP contribution >= 0.6 is 39.1 Å². The number of nitrogens with one attached hydrogen (secondary N) is 1. The lowest BCUT2D eigenvalue weighted by Gasteiger charge is -2.13. The maximum Gasteiger partial charge on any atom is 0.269 e. The Labute approximate surface area is 203 Å². The molecule has 0 fully saturated rings. The Balaban J connectivity index is 1.66. The van der Waals surface area contributed by atoms with E-state index >= 15 is 0 Å². The van der Waals surface area contributed by atoms with Gasteiger partial charge in [0.15, 0.2) is 11.5 Å². The molecule has 0 aliphatic carbocycles. The van der Waals surface area contributed by atoms with E-state index in [1.54, 1.807) is 49.7 Å². The quantitative estimate of drug-likeness (QED) is 0.194. The van der Waals surface area contributed by atoms with Crippen molar-refractivity contribution in [2.24, 2.45) is 5.10 Å². The van der Waals surface area contributed by atoms with Crippen molar-refractivity contribution in [3.8, 4) is 11.5 Å². The monoisotopic (exact) mass is 537 g/mol. The molecule has 0 amide bonds. The first-order chi connectivity index (χ1) is 15.4. The molecule has 0 aromatic heterocycles. The molecule has 3 aromatic rings. The summed E-state index contributed by atoms with van der Waals surface area (Å²) in [6, 6.07) is 15.1. The normalized spacial score (nSPS) is 10.9. The third-order valence-electron chi connectivity index (χ3n) is 4.40. The van der Waals surface area contributed by atoms with Crippen LogP contribution in [0.4, 0.5) is 5.69 Å². The second-order valence-corrected chi connectivity index (χ2v) is 8.21. The highest BCUT2D eigenvalue weighted by Crippen LogP contribution is 2.37. The summed E-state index contributed by atoms with van der Waals surface area (Å²) in [5.41, 5.74) is 5.28. The summed E-state index contributed by atoms with van der Waals surface area (Å²) >= 11 is 15.8. The average Bonchev–Trinajstić information content (AvgIpc) is 2.77. The number of halogens is 3. The highest BCUT2D eigenvalue weighted by molar-refractivity contribution is 9.10. The predicted molar refractivity (Wildman–Crippen MR) is 129 cm³/mol. The smallest absolute Gasteiger partial charge is 0.269 e. The molecule has 1 N–H and O–H groups in total. The van der Waals surface area contributed by atoms with Gasteiger partial charge in [-0.15, -0.1) is 0 Å². The molecule has 0 heterocycles. The van der Waals surface area contributed by atoms with E-state index in [9.17, 15) is 10.1 Å². The zero-order valence-electron chi connectivity index (χ0n) is 16.8. The number of rotatable bonds is 9. The Kier molecular flexibility index (Phi) is 8.33. The van der Waals surface area contributed by atoms with E-state index in [0.29, 0.717) is 32.6 Å². The molecule has 32 heavy (non-hydrogen) atoms. The van der Waals surface area contributed by atoms with Gasteiger partial charge in [-0.3, -0.25) is 10.1 Å². The lowest BCUT2D eigenvalue weighted by molar-refractivity contribution is -0.384. The molecule has 0 saturated heterocycles. The first-order valence-corrected chi connectivity index (χ1v) is 10.9. The van der Waals surface area contributed by atoms with Crippen molar-refractivity contribution in [1.29, 1.82) is 0 Å². The van der Waals surface area contributed by atoms with Gasteiger partial charge in [0.05, 0.1) is 29.3 Å². The van der Waals surface area contributed by atoms with Gasteiger partial charge in [-0.1, -0.05) is 29.3 Å². The molecule has 0 saturated carbocycles. The molecule has 0 radical (unpaired) electrons. The van der Waals surface area contributed by atoms with E-state index in [-0.39, 0.29) is 12.3 Å². The van der Waals surface area contributed by atoms with E-state index in [1.807, 2.05) is 6.07 Å². The van der Waals surface area contributed by atoms with E-state index < -0.39 is 4.92 Å². The summed E-state index contributed by atoms with van der Waals surface area (Å²) in [4.78, 5) is 10.3. The van der Waals surface area contributed by atoms with Crippen molar-refractivity contribution < 1.29 is 14.4 Å². The van der Waals surface area contributed by atoms with Gasteiger partial charge in [0.25, 0.3) is 5.69 Å². The molecule has 10 heteroatoms. The predicted octanol–water partition coefficient (Wildman–Crippen LogP) is 6.38. The van der Waals surface area contributed by atoms with Gasteiger partial charge in [0, 0.05) is 27.7 Å². The zero-order valence-corrected chi connectivity index (χ0v) is 19.9. The molecule has 0 spiro atoms.